The molecule has 0 saturated carbocycles. The molecule has 0 spiro atoms. The Balaban J connectivity index is 1.82. The maximum Gasteiger partial charge on any atom is 0.261 e. The van der Waals surface area contributed by atoms with Crippen molar-refractivity contribution < 1.29 is 14.4 Å². The highest BCUT2D eigenvalue weighted by molar-refractivity contribution is 7.15. The molecule has 124 valence electrons. The minimum Gasteiger partial charge on any atom is -0.296 e. The molecule has 7 nitrogen and oxygen atoms in total. The zero-order valence-corrected chi connectivity index (χ0v) is 14.1. The molecular weight excluding hydrogens is 328 g/mol. The molecule has 3 amide bonds. The lowest BCUT2D eigenvalue weighted by atomic mass is 10.1. The quantitative estimate of drug-likeness (QED) is 0.841. The molecule has 3 rings (SSSR count). The van der Waals surface area contributed by atoms with E-state index < -0.39 is 0 Å². The summed E-state index contributed by atoms with van der Waals surface area (Å²) in [7, 11) is 0. The number of anilines is 1. The highest BCUT2D eigenvalue weighted by Crippen LogP contribution is 2.25. The van der Waals surface area contributed by atoms with Crippen LogP contribution in [0.4, 0.5) is 5.13 Å². The molecule has 8 heteroatoms. The summed E-state index contributed by atoms with van der Waals surface area (Å²) in [5, 5.41) is 11.4. The van der Waals surface area contributed by atoms with Crippen LogP contribution in [0.15, 0.2) is 18.2 Å². The molecule has 0 fully saturated rings. The average Bonchev–Trinajstić information content (AvgIpc) is 3.08. The van der Waals surface area contributed by atoms with E-state index in [0.717, 1.165) is 17.8 Å². The maximum absolute atomic E-state index is 12.4. The largest absolute Gasteiger partial charge is 0.296 e. The van der Waals surface area contributed by atoms with Crippen LogP contribution < -0.4 is 5.32 Å². The standard InChI is InChI=1S/C16H16N4O3S/c1-3-4-7-20-14(22)11-6-5-10(8-12(11)15(20)23)13(21)17-16-19-18-9(2)24-16/h5-6,8H,3-4,7H2,1-2H3,(H,17,19,21). The third-order valence-corrected chi connectivity index (χ3v) is 4.47. The van der Waals surface area contributed by atoms with E-state index in [2.05, 4.69) is 15.5 Å². The molecule has 0 bridgehead atoms. The van der Waals surface area contributed by atoms with Crippen molar-refractivity contribution in [3.05, 3.63) is 39.9 Å². The van der Waals surface area contributed by atoms with E-state index >= 15 is 0 Å². The second-order valence-corrected chi connectivity index (χ2v) is 6.64. The predicted molar refractivity (Wildman–Crippen MR) is 89.3 cm³/mol. The van der Waals surface area contributed by atoms with Crippen LogP contribution in [0.5, 0.6) is 0 Å². The van der Waals surface area contributed by atoms with Gasteiger partial charge in [0.2, 0.25) is 5.13 Å². The van der Waals surface area contributed by atoms with Gasteiger partial charge in [-0.15, -0.1) is 10.2 Å². The molecule has 0 radical (unpaired) electrons. The first-order chi connectivity index (χ1) is 11.5. The van der Waals surface area contributed by atoms with Gasteiger partial charge in [0.15, 0.2) is 0 Å². The van der Waals surface area contributed by atoms with Gasteiger partial charge in [-0.05, 0) is 31.5 Å². The van der Waals surface area contributed by atoms with Gasteiger partial charge in [-0.2, -0.15) is 0 Å². The lowest BCUT2D eigenvalue weighted by Crippen LogP contribution is -2.30. The van der Waals surface area contributed by atoms with Crippen LogP contribution in [0.25, 0.3) is 0 Å². The van der Waals surface area contributed by atoms with Crippen molar-refractivity contribution in [2.45, 2.75) is 26.7 Å². The molecule has 24 heavy (non-hydrogen) atoms. The Hall–Kier alpha value is -2.61. The van der Waals surface area contributed by atoms with Gasteiger partial charge in [-0.25, -0.2) is 0 Å². The van der Waals surface area contributed by atoms with Crippen molar-refractivity contribution in [1.82, 2.24) is 15.1 Å². The summed E-state index contributed by atoms with van der Waals surface area (Å²) < 4.78 is 0. The fraction of sp³-hybridized carbons (Fsp3) is 0.312. The van der Waals surface area contributed by atoms with Crippen LogP contribution >= 0.6 is 11.3 Å². The summed E-state index contributed by atoms with van der Waals surface area (Å²) in [6.45, 7) is 4.18. The Morgan fingerprint density at radius 3 is 2.62 bits per heavy atom. The van der Waals surface area contributed by atoms with E-state index in [-0.39, 0.29) is 23.3 Å². The Morgan fingerprint density at radius 1 is 1.21 bits per heavy atom. The van der Waals surface area contributed by atoms with Crippen molar-refractivity contribution in [2.75, 3.05) is 11.9 Å². The summed E-state index contributed by atoms with van der Waals surface area (Å²) in [6, 6.07) is 4.53. The lowest BCUT2D eigenvalue weighted by Gasteiger charge is -2.12. The molecule has 1 aliphatic rings. The molecule has 0 aliphatic carbocycles. The summed E-state index contributed by atoms with van der Waals surface area (Å²) in [6.07, 6.45) is 1.65. The highest BCUT2D eigenvalue weighted by atomic mass is 32.1. The number of carbonyl (C=O) groups excluding carboxylic acids is 3. The van der Waals surface area contributed by atoms with Crippen LogP contribution in [0, 0.1) is 6.92 Å². The Labute approximate surface area is 142 Å². The third kappa shape index (κ3) is 2.92. The first kappa shape index (κ1) is 16.3. The molecular formula is C16H16N4O3S. The molecule has 1 aromatic heterocycles. The molecule has 1 aliphatic heterocycles. The zero-order valence-electron chi connectivity index (χ0n) is 13.3. The van der Waals surface area contributed by atoms with Crippen molar-refractivity contribution in [1.29, 1.82) is 0 Å². The molecule has 1 N–H and O–H groups in total. The number of benzene rings is 1. The molecule has 2 aromatic rings. The number of imide groups is 1. The lowest BCUT2D eigenvalue weighted by molar-refractivity contribution is 0.0652. The maximum atomic E-state index is 12.4. The Bertz CT molecular complexity index is 830. The molecule has 0 atom stereocenters. The van der Waals surface area contributed by atoms with Gasteiger partial charge in [0.25, 0.3) is 17.7 Å². The third-order valence-electron chi connectivity index (χ3n) is 3.71. The van der Waals surface area contributed by atoms with Crippen LogP contribution in [-0.2, 0) is 0 Å². The van der Waals surface area contributed by atoms with Gasteiger partial charge in [0.05, 0.1) is 11.1 Å². The monoisotopic (exact) mass is 344 g/mol. The first-order valence-electron chi connectivity index (χ1n) is 7.63. The van der Waals surface area contributed by atoms with Crippen LogP contribution in [0.1, 0.15) is 55.8 Å². The number of carbonyl (C=O) groups is 3. The number of nitrogens with one attached hydrogen (secondary N) is 1. The van der Waals surface area contributed by atoms with E-state index in [1.165, 1.54) is 34.4 Å². The first-order valence-corrected chi connectivity index (χ1v) is 8.44. The van der Waals surface area contributed by atoms with Gasteiger partial charge in [-0.3, -0.25) is 24.6 Å². The number of rotatable bonds is 5. The number of amides is 3. The van der Waals surface area contributed by atoms with Gasteiger partial charge in [0.1, 0.15) is 5.01 Å². The summed E-state index contributed by atoms with van der Waals surface area (Å²) in [5.74, 6) is -1.03. The normalized spacial score (nSPS) is 13.3. The van der Waals surface area contributed by atoms with Crippen LogP contribution in [0.2, 0.25) is 0 Å². The molecule has 1 aromatic carbocycles. The minimum absolute atomic E-state index is 0.275. The number of aromatic nitrogens is 2. The second-order valence-electron chi connectivity index (χ2n) is 5.46. The average molecular weight is 344 g/mol. The molecule has 0 unspecified atom stereocenters. The van der Waals surface area contributed by atoms with Crippen molar-refractivity contribution >= 4 is 34.2 Å². The van der Waals surface area contributed by atoms with E-state index in [0.29, 0.717) is 22.8 Å². The van der Waals surface area contributed by atoms with Crippen LogP contribution in [-0.4, -0.2) is 39.4 Å². The summed E-state index contributed by atoms with van der Waals surface area (Å²) >= 11 is 1.26. The summed E-state index contributed by atoms with van der Waals surface area (Å²) in [5.41, 5.74) is 0.928. The number of hydrogen-bond acceptors (Lipinski definition) is 6. The van der Waals surface area contributed by atoms with Gasteiger partial charge < -0.3 is 0 Å². The Morgan fingerprint density at radius 2 is 1.96 bits per heavy atom. The fourth-order valence-electron chi connectivity index (χ4n) is 2.47. The van der Waals surface area contributed by atoms with Gasteiger partial charge >= 0.3 is 0 Å². The second kappa shape index (κ2) is 6.48. The highest BCUT2D eigenvalue weighted by Gasteiger charge is 2.35. The molecule has 2 heterocycles. The van der Waals surface area contributed by atoms with E-state index in [4.69, 9.17) is 0 Å². The molecule has 0 saturated heterocycles. The number of aryl methyl sites for hydroxylation is 1. The summed E-state index contributed by atoms with van der Waals surface area (Å²) in [4.78, 5) is 38.2. The Kier molecular flexibility index (Phi) is 4.39. The van der Waals surface area contributed by atoms with E-state index in [1.54, 1.807) is 6.92 Å². The van der Waals surface area contributed by atoms with Crippen molar-refractivity contribution in [2.24, 2.45) is 0 Å². The van der Waals surface area contributed by atoms with E-state index in [9.17, 15) is 14.4 Å². The SMILES string of the molecule is CCCCN1C(=O)c2ccc(C(=O)Nc3nnc(C)s3)cc2C1=O. The van der Waals surface area contributed by atoms with Crippen molar-refractivity contribution in [3.63, 3.8) is 0 Å². The van der Waals surface area contributed by atoms with Crippen molar-refractivity contribution in [3.8, 4) is 0 Å². The number of nitrogens with zero attached hydrogens (tertiary/aromatic N) is 3. The van der Waals surface area contributed by atoms with E-state index in [1.807, 2.05) is 6.92 Å². The predicted octanol–water partition coefficient (Wildman–Crippen LogP) is 2.49. The topological polar surface area (TPSA) is 92.3 Å². The van der Waals surface area contributed by atoms with Crippen LogP contribution in [0.3, 0.4) is 0 Å². The number of fused-ring (bicyclic) bond motifs is 1. The van der Waals surface area contributed by atoms with Gasteiger partial charge in [0, 0.05) is 12.1 Å². The number of unbranched alkanes of at least 4 members (excludes halogenated alkanes) is 1. The smallest absolute Gasteiger partial charge is 0.261 e. The van der Waals surface area contributed by atoms with Gasteiger partial charge in [-0.1, -0.05) is 24.7 Å². The zero-order chi connectivity index (χ0) is 17.3. The number of hydrogen-bond donors (Lipinski definition) is 1. The minimum atomic E-state index is -0.388. The fourth-order valence-corrected chi connectivity index (χ4v) is 3.05.